The number of benzene rings is 1. The van der Waals surface area contributed by atoms with Gasteiger partial charge in [0.2, 0.25) is 0 Å². The molecule has 1 aliphatic rings. The second-order valence-corrected chi connectivity index (χ2v) is 4.76. The Balaban J connectivity index is 1.84. The van der Waals surface area contributed by atoms with Crippen molar-refractivity contribution >= 4 is 17.3 Å². The van der Waals surface area contributed by atoms with Crippen molar-refractivity contribution in [1.82, 2.24) is 9.78 Å². The molecule has 0 atom stereocenters. The zero-order valence-electron chi connectivity index (χ0n) is 12.0. The number of nitrogens with zero attached hydrogens (tertiary/aromatic N) is 4. The summed E-state index contributed by atoms with van der Waals surface area (Å²) in [5.41, 5.74) is 2.37. The predicted octanol–water partition coefficient (Wildman–Crippen LogP) is 1.96. The van der Waals surface area contributed by atoms with Crippen LogP contribution in [0.5, 0.6) is 5.75 Å². The molecule has 0 bridgehead atoms. The Hall–Kier alpha value is -2.63. The van der Waals surface area contributed by atoms with Crippen LogP contribution in [0.3, 0.4) is 0 Å². The van der Waals surface area contributed by atoms with Crippen molar-refractivity contribution < 1.29 is 9.53 Å². The molecule has 0 radical (unpaired) electrons. The van der Waals surface area contributed by atoms with Gasteiger partial charge in [0.15, 0.2) is 0 Å². The number of hydrogen-bond donors (Lipinski definition) is 0. The molecule has 1 amide bonds. The highest BCUT2D eigenvalue weighted by molar-refractivity contribution is 6.19. The highest BCUT2D eigenvalue weighted by Crippen LogP contribution is 2.23. The molecule has 0 spiro atoms. The molecule has 0 N–H and O–H groups in total. The van der Waals surface area contributed by atoms with Gasteiger partial charge in [-0.15, -0.1) is 0 Å². The lowest BCUT2D eigenvalue weighted by Gasteiger charge is -2.07. The predicted molar refractivity (Wildman–Crippen MR) is 79.5 cm³/mol. The van der Waals surface area contributed by atoms with Gasteiger partial charge in [-0.3, -0.25) is 9.48 Å². The number of anilines is 1. The van der Waals surface area contributed by atoms with Gasteiger partial charge in [-0.25, -0.2) is 0 Å². The van der Waals surface area contributed by atoms with Gasteiger partial charge in [-0.1, -0.05) is 0 Å². The van der Waals surface area contributed by atoms with Gasteiger partial charge >= 0.3 is 0 Å². The van der Waals surface area contributed by atoms with Gasteiger partial charge < -0.3 is 4.74 Å². The lowest BCUT2D eigenvalue weighted by atomic mass is 10.1. The van der Waals surface area contributed by atoms with Crippen molar-refractivity contribution in [1.29, 1.82) is 0 Å². The summed E-state index contributed by atoms with van der Waals surface area (Å²) in [6.45, 7) is 2.58. The second-order valence-electron chi connectivity index (χ2n) is 4.76. The molecule has 1 aliphatic heterocycles. The van der Waals surface area contributed by atoms with E-state index in [0.29, 0.717) is 18.7 Å². The average Bonchev–Trinajstić information content (AvgIpc) is 3.06. The van der Waals surface area contributed by atoms with Gasteiger partial charge in [0, 0.05) is 7.05 Å². The first-order valence-corrected chi connectivity index (χ1v) is 6.79. The third-order valence-electron chi connectivity index (χ3n) is 3.21. The van der Waals surface area contributed by atoms with Crippen LogP contribution in [0.1, 0.15) is 18.9 Å². The van der Waals surface area contributed by atoms with E-state index in [9.17, 15) is 4.79 Å². The summed E-state index contributed by atoms with van der Waals surface area (Å²) in [6, 6.07) is 7.62. The molecular weight excluding hydrogens is 268 g/mol. The van der Waals surface area contributed by atoms with Crippen molar-refractivity contribution in [3.05, 3.63) is 42.2 Å². The van der Waals surface area contributed by atoms with Crippen LogP contribution in [-0.2, 0) is 11.8 Å². The summed E-state index contributed by atoms with van der Waals surface area (Å²) in [6.07, 6.45) is 3.69. The van der Waals surface area contributed by atoms with E-state index in [0.717, 1.165) is 17.0 Å². The van der Waals surface area contributed by atoms with Crippen molar-refractivity contribution in [2.24, 2.45) is 12.1 Å². The number of hydrogen-bond acceptors (Lipinski definition) is 4. The number of amides is 1. The maximum atomic E-state index is 12.1. The van der Waals surface area contributed by atoms with E-state index >= 15 is 0 Å². The van der Waals surface area contributed by atoms with E-state index in [2.05, 4.69) is 10.2 Å². The van der Waals surface area contributed by atoms with Crippen LogP contribution < -0.4 is 9.75 Å². The van der Waals surface area contributed by atoms with E-state index in [-0.39, 0.29) is 5.91 Å². The van der Waals surface area contributed by atoms with Gasteiger partial charge in [0.05, 0.1) is 31.1 Å². The minimum Gasteiger partial charge on any atom is -0.494 e. The molecule has 1 aromatic carbocycles. The summed E-state index contributed by atoms with van der Waals surface area (Å²) < 4.78 is 7.06. The minimum atomic E-state index is -0.0492. The topological polar surface area (TPSA) is 59.7 Å². The molecule has 6 heteroatoms. The van der Waals surface area contributed by atoms with Crippen molar-refractivity contribution in [3.63, 3.8) is 0 Å². The molecular formula is C15H16N4O2. The number of rotatable bonds is 4. The van der Waals surface area contributed by atoms with E-state index in [1.807, 2.05) is 31.2 Å². The van der Waals surface area contributed by atoms with Crippen LogP contribution in [-0.4, -0.2) is 28.0 Å². The third-order valence-corrected chi connectivity index (χ3v) is 3.21. The minimum absolute atomic E-state index is 0.0492. The molecule has 0 unspecified atom stereocenters. The van der Waals surface area contributed by atoms with Crippen LogP contribution in [0.25, 0.3) is 0 Å². The van der Waals surface area contributed by atoms with E-state index < -0.39 is 0 Å². The fourth-order valence-electron chi connectivity index (χ4n) is 2.22. The number of ether oxygens (including phenoxy) is 1. The average molecular weight is 284 g/mol. The van der Waals surface area contributed by atoms with E-state index in [1.165, 1.54) is 5.01 Å². The highest BCUT2D eigenvalue weighted by Gasteiger charge is 2.26. The van der Waals surface area contributed by atoms with Crippen LogP contribution in [0.4, 0.5) is 5.69 Å². The Bertz CT molecular complexity index is 688. The normalized spacial score (nSPS) is 14.5. The molecule has 0 aliphatic carbocycles. The van der Waals surface area contributed by atoms with E-state index in [4.69, 9.17) is 4.74 Å². The van der Waals surface area contributed by atoms with Gasteiger partial charge in [0.25, 0.3) is 5.91 Å². The SMILES string of the molecule is CCOc1ccc(C2=NN(c3cnn(C)c3)C(=O)C2)cc1. The molecule has 3 rings (SSSR count). The smallest absolute Gasteiger partial charge is 0.253 e. The summed E-state index contributed by atoms with van der Waals surface area (Å²) in [5.74, 6) is 0.766. The number of hydrazone groups is 1. The van der Waals surface area contributed by atoms with Crippen LogP contribution in [0.15, 0.2) is 41.8 Å². The monoisotopic (exact) mass is 284 g/mol. The summed E-state index contributed by atoms with van der Waals surface area (Å²) in [7, 11) is 1.81. The number of aromatic nitrogens is 2. The Morgan fingerprint density at radius 3 is 2.67 bits per heavy atom. The fraction of sp³-hybridized carbons (Fsp3) is 0.267. The zero-order chi connectivity index (χ0) is 14.8. The molecule has 0 saturated carbocycles. The Morgan fingerprint density at radius 1 is 1.29 bits per heavy atom. The second kappa shape index (κ2) is 5.40. The molecule has 21 heavy (non-hydrogen) atoms. The van der Waals surface area contributed by atoms with Gasteiger partial charge in [-0.05, 0) is 36.8 Å². The third kappa shape index (κ3) is 2.65. The Labute approximate surface area is 122 Å². The molecule has 0 saturated heterocycles. The van der Waals surface area contributed by atoms with Gasteiger partial charge in [0.1, 0.15) is 11.4 Å². The van der Waals surface area contributed by atoms with E-state index in [1.54, 1.807) is 24.1 Å². The van der Waals surface area contributed by atoms with Crippen molar-refractivity contribution in [2.75, 3.05) is 11.6 Å². The fourth-order valence-corrected chi connectivity index (χ4v) is 2.22. The standard InChI is InChI=1S/C15H16N4O2/c1-3-21-13-6-4-11(5-7-13)14-8-15(20)19(17-14)12-9-16-18(2)10-12/h4-7,9-10H,3,8H2,1-2H3. The largest absolute Gasteiger partial charge is 0.494 e. The van der Waals surface area contributed by atoms with Crippen molar-refractivity contribution in [3.8, 4) is 5.75 Å². The maximum absolute atomic E-state index is 12.1. The summed E-state index contributed by atoms with van der Waals surface area (Å²) >= 11 is 0. The molecule has 6 nitrogen and oxygen atoms in total. The van der Waals surface area contributed by atoms with Gasteiger partial charge in [-0.2, -0.15) is 15.2 Å². The number of carbonyl (C=O) groups excluding carboxylic acids is 1. The number of aryl methyl sites for hydroxylation is 1. The molecule has 2 aromatic rings. The molecule has 108 valence electrons. The maximum Gasteiger partial charge on any atom is 0.253 e. The summed E-state index contributed by atoms with van der Waals surface area (Å²) in [5, 5.41) is 9.87. The summed E-state index contributed by atoms with van der Waals surface area (Å²) in [4.78, 5) is 12.1. The Morgan fingerprint density at radius 2 is 2.05 bits per heavy atom. The first-order chi connectivity index (χ1) is 10.2. The van der Waals surface area contributed by atoms with Crippen molar-refractivity contribution in [2.45, 2.75) is 13.3 Å². The van der Waals surface area contributed by atoms with Crippen LogP contribution >= 0.6 is 0 Å². The first-order valence-electron chi connectivity index (χ1n) is 6.79. The first kappa shape index (κ1) is 13.4. The van der Waals surface area contributed by atoms with Crippen LogP contribution in [0.2, 0.25) is 0 Å². The molecule has 0 fully saturated rings. The highest BCUT2D eigenvalue weighted by atomic mass is 16.5. The zero-order valence-corrected chi connectivity index (χ0v) is 12.0. The number of carbonyl (C=O) groups is 1. The molecule has 2 heterocycles. The lowest BCUT2D eigenvalue weighted by Crippen LogP contribution is -2.18. The Kier molecular flexibility index (Phi) is 3.43. The molecule has 1 aromatic heterocycles. The van der Waals surface area contributed by atoms with Crippen LogP contribution in [0, 0.1) is 0 Å². The lowest BCUT2D eigenvalue weighted by molar-refractivity contribution is -0.116. The quantitative estimate of drug-likeness (QED) is 0.862.